The molecule has 6 nitrogen and oxygen atoms in total. The van der Waals surface area contributed by atoms with Crippen molar-refractivity contribution in [1.82, 2.24) is 20.4 Å². The van der Waals surface area contributed by atoms with Crippen molar-refractivity contribution < 1.29 is 9.59 Å². The van der Waals surface area contributed by atoms with Gasteiger partial charge in [-0.2, -0.15) is 0 Å². The van der Waals surface area contributed by atoms with Gasteiger partial charge in [-0.15, -0.1) is 0 Å². The minimum Gasteiger partial charge on any atom is -0.335 e. The van der Waals surface area contributed by atoms with Crippen LogP contribution < -0.4 is 10.6 Å². The first-order chi connectivity index (χ1) is 13.6. The molecule has 1 aliphatic heterocycles. The summed E-state index contributed by atoms with van der Waals surface area (Å²) in [6.07, 6.45) is 8.66. The van der Waals surface area contributed by atoms with Gasteiger partial charge >= 0.3 is 6.03 Å². The Morgan fingerprint density at radius 1 is 1.11 bits per heavy atom. The summed E-state index contributed by atoms with van der Waals surface area (Å²) in [5.41, 5.74) is 1.21. The molecular weight excluding hydrogens is 352 g/mol. The highest BCUT2D eigenvalue weighted by Crippen LogP contribution is 2.17. The Labute approximate surface area is 168 Å². The molecule has 3 amide bonds. The van der Waals surface area contributed by atoms with Crippen LogP contribution in [-0.4, -0.2) is 66.5 Å². The van der Waals surface area contributed by atoms with E-state index in [4.69, 9.17) is 0 Å². The number of hydrogen-bond donors (Lipinski definition) is 2. The molecule has 1 heterocycles. The third-order valence-corrected chi connectivity index (χ3v) is 5.73. The van der Waals surface area contributed by atoms with Crippen LogP contribution in [0.1, 0.15) is 38.2 Å². The molecule has 1 aromatic carbocycles. The monoisotopic (exact) mass is 384 g/mol. The van der Waals surface area contributed by atoms with Crippen molar-refractivity contribution >= 4 is 18.0 Å². The van der Waals surface area contributed by atoms with Gasteiger partial charge < -0.3 is 5.32 Å². The van der Waals surface area contributed by atoms with Crippen molar-refractivity contribution in [2.75, 3.05) is 32.7 Å². The number of rotatable bonds is 6. The number of imide groups is 1. The van der Waals surface area contributed by atoms with E-state index < -0.39 is 0 Å². The molecule has 6 heteroatoms. The number of carbonyl (C=O) groups excluding carboxylic acids is 2. The van der Waals surface area contributed by atoms with Gasteiger partial charge in [0.25, 0.3) is 0 Å². The summed E-state index contributed by atoms with van der Waals surface area (Å²) in [5, 5.41) is 5.42. The zero-order valence-electron chi connectivity index (χ0n) is 16.8. The van der Waals surface area contributed by atoms with Gasteiger partial charge in [-0.25, -0.2) is 4.79 Å². The van der Waals surface area contributed by atoms with Gasteiger partial charge in [-0.05, 0) is 25.3 Å². The van der Waals surface area contributed by atoms with Crippen LogP contribution in [0.25, 0.3) is 6.08 Å². The van der Waals surface area contributed by atoms with Gasteiger partial charge in [0, 0.05) is 38.8 Å². The molecule has 0 aromatic heterocycles. The highest BCUT2D eigenvalue weighted by molar-refractivity contribution is 5.96. The van der Waals surface area contributed by atoms with Crippen LogP contribution in [0.2, 0.25) is 0 Å². The molecule has 1 saturated carbocycles. The van der Waals surface area contributed by atoms with Crippen LogP contribution in [0.15, 0.2) is 36.4 Å². The quantitative estimate of drug-likeness (QED) is 0.791. The van der Waals surface area contributed by atoms with E-state index in [9.17, 15) is 9.59 Å². The highest BCUT2D eigenvalue weighted by Gasteiger charge is 2.27. The Morgan fingerprint density at radius 2 is 1.79 bits per heavy atom. The largest absolute Gasteiger partial charge is 0.335 e. The van der Waals surface area contributed by atoms with E-state index >= 15 is 0 Å². The number of amides is 3. The van der Waals surface area contributed by atoms with Crippen molar-refractivity contribution in [3.05, 3.63) is 42.0 Å². The lowest BCUT2D eigenvalue weighted by molar-refractivity contribution is -0.125. The summed E-state index contributed by atoms with van der Waals surface area (Å²) in [4.78, 5) is 28.9. The fourth-order valence-corrected chi connectivity index (χ4v) is 3.91. The number of nitrogens with one attached hydrogen (secondary N) is 2. The Balaban J connectivity index is 1.36. The number of carbonyl (C=O) groups is 2. The minimum absolute atomic E-state index is 0.215. The van der Waals surface area contributed by atoms with Crippen molar-refractivity contribution in [3.63, 3.8) is 0 Å². The Kier molecular flexibility index (Phi) is 7.62. The first-order valence-corrected chi connectivity index (χ1v) is 10.4. The maximum atomic E-state index is 12.4. The second-order valence-corrected chi connectivity index (χ2v) is 7.77. The summed E-state index contributed by atoms with van der Waals surface area (Å²) in [6.45, 7) is 6.29. The molecular formula is C22H32N4O2. The SMILES string of the molecule is CC(C(=O)NC(=O)NC1CCCC1)N1CCN(C/C=C/c2ccccc2)CC1. The predicted molar refractivity (Wildman–Crippen MR) is 112 cm³/mol. The maximum Gasteiger partial charge on any atom is 0.321 e. The lowest BCUT2D eigenvalue weighted by Gasteiger charge is -2.36. The number of piperazine rings is 1. The van der Waals surface area contributed by atoms with E-state index in [-0.39, 0.29) is 24.0 Å². The lowest BCUT2D eigenvalue weighted by Crippen LogP contribution is -2.55. The number of urea groups is 1. The molecule has 152 valence electrons. The van der Waals surface area contributed by atoms with Gasteiger partial charge in [-0.3, -0.25) is 19.9 Å². The summed E-state index contributed by atoms with van der Waals surface area (Å²) in [5.74, 6) is -0.215. The van der Waals surface area contributed by atoms with Crippen molar-refractivity contribution in [3.8, 4) is 0 Å². The first kappa shape index (κ1) is 20.6. The maximum absolute atomic E-state index is 12.4. The average Bonchev–Trinajstić information content (AvgIpc) is 3.21. The standard InChI is InChI=1S/C22H32N4O2/c1-18(21(27)24-22(28)23-20-11-5-6-12-20)26-16-14-25(15-17-26)13-7-10-19-8-3-2-4-9-19/h2-4,7-10,18,20H,5-6,11-17H2,1H3,(H2,23,24,27,28)/b10-7+. The van der Waals surface area contributed by atoms with Crippen molar-refractivity contribution in [2.24, 2.45) is 0 Å². The normalized spacial score (nSPS) is 20.3. The van der Waals surface area contributed by atoms with Crippen LogP contribution >= 0.6 is 0 Å². The van der Waals surface area contributed by atoms with Gasteiger partial charge in [0.2, 0.25) is 5.91 Å². The highest BCUT2D eigenvalue weighted by atomic mass is 16.2. The predicted octanol–water partition coefficient (Wildman–Crippen LogP) is 2.47. The Morgan fingerprint density at radius 3 is 2.46 bits per heavy atom. The molecule has 1 aromatic rings. The fraction of sp³-hybridized carbons (Fsp3) is 0.545. The smallest absolute Gasteiger partial charge is 0.321 e. The second-order valence-electron chi connectivity index (χ2n) is 7.77. The minimum atomic E-state index is -0.353. The second kappa shape index (κ2) is 10.4. The van der Waals surface area contributed by atoms with Crippen LogP contribution in [0.5, 0.6) is 0 Å². The van der Waals surface area contributed by atoms with Gasteiger partial charge in [0.1, 0.15) is 0 Å². The van der Waals surface area contributed by atoms with E-state index in [1.54, 1.807) is 0 Å². The van der Waals surface area contributed by atoms with Crippen LogP contribution in [0, 0.1) is 0 Å². The summed E-state index contributed by atoms with van der Waals surface area (Å²) in [6, 6.07) is 9.86. The Bertz CT molecular complexity index is 662. The van der Waals surface area contributed by atoms with Gasteiger partial charge in [-0.1, -0.05) is 55.3 Å². The summed E-state index contributed by atoms with van der Waals surface area (Å²) in [7, 11) is 0. The summed E-state index contributed by atoms with van der Waals surface area (Å²) >= 11 is 0. The molecule has 28 heavy (non-hydrogen) atoms. The third-order valence-electron chi connectivity index (χ3n) is 5.73. The molecule has 1 aliphatic carbocycles. The van der Waals surface area contributed by atoms with Crippen molar-refractivity contribution in [1.29, 1.82) is 0 Å². The number of nitrogens with zero attached hydrogens (tertiary/aromatic N) is 2. The first-order valence-electron chi connectivity index (χ1n) is 10.4. The lowest BCUT2D eigenvalue weighted by atomic mass is 10.2. The topological polar surface area (TPSA) is 64.7 Å². The third kappa shape index (κ3) is 6.17. The van der Waals surface area contributed by atoms with Gasteiger partial charge in [0.05, 0.1) is 6.04 Å². The summed E-state index contributed by atoms with van der Waals surface area (Å²) < 4.78 is 0. The van der Waals surface area contributed by atoms with E-state index in [1.165, 1.54) is 5.56 Å². The molecule has 2 aliphatic rings. The molecule has 2 N–H and O–H groups in total. The molecule has 2 fully saturated rings. The fourth-order valence-electron chi connectivity index (χ4n) is 3.91. The number of benzene rings is 1. The Hall–Kier alpha value is -2.18. The molecule has 0 spiro atoms. The molecule has 3 rings (SSSR count). The molecule has 0 radical (unpaired) electrons. The van der Waals surface area contributed by atoms with Crippen molar-refractivity contribution in [2.45, 2.75) is 44.7 Å². The number of hydrogen-bond acceptors (Lipinski definition) is 4. The molecule has 1 unspecified atom stereocenters. The van der Waals surface area contributed by atoms with Crippen LogP contribution in [0.3, 0.4) is 0 Å². The zero-order chi connectivity index (χ0) is 19.8. The zero-order valence-corrected chi connectivity index (χ0v) is 16.8. The molecule has 1 saturated heterocycles. The molecule has 1 atom stereocenters. The van der Waals surface area contributed by atoms with E-state index in [0.29, 0.717) is 0 Å². The average molecular weight is 385 g/mol. The van der Waals surface area contributed by atoms with Gasteiger partial charge in [0.15, 0.2) is 0 Å². The van der Waals surface area contributed by atoms with Crippen LogP contribution in [-0.2, 0) is 4.79 Å². The van der Waals surface area contributed by atoms with E-state index in [2.05, 4.69) is 44.7 Å². The van der Waals surface area contributed by atoms with Crippen LogP contribution in [0.4, 0.5) is 4.79 Å². The molecule has 0 bridgehead atoms. The van der Waals surface area contributed by atoms with E-state index in [0.717, 1.165) is 58.4 Å². The van der Waals surface area contributed by atoms with E-state index in [1.807, 2.05) is 25.1 Å².